The molecule has 2 aliphatic rings. The molecule has 2 saturated heterocycles. The molecular weight excluding hydrogens is 446 g/mol. The van der Waals surface area contributed by atoms with Crippen molar-refractivity contribution in [2.75, 3.05) is 26.2 Å². The third-order valence-corrected chi connectivity index (χ3v) is 8.81. The fourth-order valence-electron chi connectivity index (χ4n) is 5.05. The van der Waals surface area contributed by atoms with Gasteiger partial charge in [0.25, 0.3) is 0 Å². The number of nitrogens with zero attached hydrogens (tertiary/aromatic N) is 2. The van der Waals surface area contributed by atoms with E-state index >= 15 is 0 Å². The van der Waals surface area contributed by atoms with Gasteiger partial charge in [0, 0.05) is 32.1 Å². The van der Waals surface area contributed by atoms with Gasteiger partial charge < -0.3 is 5.32 Å². The summed E-state index contributed by atoms with van der Waals surface area (Å²) in [6.45, 7) is 6.58. The van der Waals surface area contributed by atoms with Gasteiger partial charge in [0.05, 0.1) is 5.75 Å². The van der Waals surface area contributed by atoms with Crippen molar-refractivity contribution in [3.05, 3.63) is 70.8 Å². The van der Waals surface area contributed by atoms with Gasteiger partial charge in [-0.15, -0.1) is 0 Å². The number of amides is 1. The normalized spacial score (nSPS) is 18.6. The summed E-state index contributed by atoms with van der Waals surface area (Å²) in [7, 11) is -3.38. The lowest BCUT2D eigenvalue weighted by atomic mass is 9.97. The van der Waals surface area contributed by atoms with E-state index < -0.39 is 10.0 Å². The molecular formula is C27H37N3O3S. The highest BCUT2D eigenvalue weighted by Crippen LogP contribution is 2.22. The van der Waals surface area contributed by atoms with E-state index in [2.05, 4.69) is 34.5 Å². The highest BCUT2D eigenvalue weighted by Gasteiger charge is 2.31. The summed E-state index contributed by atoms with van der Waals surface area (Å²) in [5.74, 6) is -0.0987. The first-order chi connectivity index (χ1) is 16.4. The zero-order chi connectivity index (χ0) is 24.0. The average molecular weight is 484 g/mol. The van der Waals surface area contributed by atoms with E-state index in [0.717, 1.165) is 23.2 Å². The standard InChI is InChI=1S/C27H37N3O3S/c1-22-7-5-10-25(17-22)21-34(32,33)30-15-11-26(12-16-30)27(31)28-19-23-8-6-9-24(18-23)20-29-13-3-2-4-14-29/h5-10,17-18,26H,2-4,11-16,19-21H2,1H3,(H,28,31). The Morgan fingerprint density at radius 2 is 1.59 bits per heavy atom. The Bertz CT molecular complexity index is 1070. The molecule has 184 valence electrons. The van der Waals surface area contributed by atoms with Crippen LogP contribution in [0.5, 0.6) is 0 Å². The molecule has 2 heterocycles. The predicted octanol–water partition coefficient (Wildman–Crippen LogP) is 3.84. The quantitative estimate of drug-likeness (QED) is 0.619. The minimum atomic E-state index is -3.38. The van der Waals surface area contributed by atoms with Crippen molar-refractivity contribution in [1.82, 2.24) is 14.5 Å². The monoisotopic (exact) mass is 483 g/mol. The maximum atomic E-state index is 12.9. The van der Waals surface area contributed by atoms with Gasteiger partial charge in [0.1, 0.15) is 0 Å². The molecule has 2 aromatic rings. The molecule has 1 N–H and O–H groups in total. The lowest BCUT2D eigenvalue weighted by Gasteiger charge is -2.30. The summed E-state index contributed by atoms with van der Waals surface area (Å²) in [6.07, 6.45) is 5.02. The number of nitrogens with one attached hydrogen (secondary N) is 1. The van der Waals surface area contributed by atoms with Crippen LogP contribution in [0, 0.1) is 12.8 Å². The van der Waals surface area contributed by atoms with Crippen molar-refractivity contribution in [2.24, 2.45) is 5.92 Å². The summed E-state index contributed by atoms with van der Waals surface area (Å²) in [4.78, 5) is 15.3. The smallest absolute Gasteiger partial charge is 0.223 e. The maximum Gasteiger partial charge on any atom is 0.223 e. The summed E-state index contributed by atoms with van der Waals surface area (Å²) in [5.41, 5.74) is 4.27. The first-order valence-electron chi connectivity index (χ1n) is 12.5. The number of piperidine rings is 2. The fourth-order valence-corrected chi connectivity index (χ4v) is 6.60. The second-order valence-corrected chi connectivity index (χ2v) is 11.8. The molecule has 6 nitrogen and oxygen atoms in total. The highest BCUT2D eigenvalue weighted by atomic mass is 32.2. The molecule has 0 aromatic heterocycles. The van der Waals surface area contributed by atoms with E-state index in [1.54, 1.807) is 4.31 Å². The van der Waals surface area contributed by atoms with E-state index in [9.17, 15) is 13.2 Å². The molecule has 0 unspecified atom stereocenters. The number of carbonyl (C=O) groups is 1. The number of carbonyl (C=O) groups excluding carboxylic acids is 1. The van der Waals surface area contributed by atoms with Crippen LogP contribution in [0.25, 0.3) is 0 Å². The number of aryl methyl sites for hydroxylation is 1. The van der Waals surface area contributed by atoms with E-state index in [1.165, 1.54) is 37.9 Å². The van der Waals surface area contributed by atoms with Crippen molar-refractivity contribution >= 4 is 15.9 Å². The van der Waals surface area contributed by atoms with E-state index in [-0.39, 0.29) is 17.6 Å². The molecule has 2 aromatic carbocycles. The number of likely N-dealkylation sites (tertiary alicyclic amines) is 1. The first kappa shape index (κ1) is 24.9. The minimum absolute atomic E-state index is 0.0132. The zero-order valence-electron chi connectivity index (χ0n) is 20.2. The highest BCUT2D eigenvalue weighted by molar-refractivity contribution is 7.88. The fraction of sp³-hybridized carbons (Fsp3) is 0.519. The van der Waals surface area contributed by atoms with Crippen LogP contribution in [-0.2, 0) is 33.7 Å². The van der Waals surface area contributed by atoms with Gasteiger partial charge in [-0.1, -0.05) is 60.5 Å². The van der Waals surface area contributed by atoms with E-state index in [4.69, 9.17) is 0 Å². The Morgan fingerprint density at radius 3 is 2.32 bits per heavy atom. The van der Waals surface area contributed by atoms with Crippen LogP contribution >= 0.6 is 0 Å². The number of hydrogen-bond acceptors (Lipinski definition) is 4. The second kappa shape index (κ2) is 11.5. The zero-order valence-corrected chi connectivity index (χ0v) is 21.0. The molecule has 7 heteroatoms. The van der Waals surface area contributed by atoms with E-state index in [0.29, 0.717) is 32.5 Å². The second-order valence-electron chi connectivity index (χ2n) is 9.79. The van der Waals surface area contributed by atoms with Crippen LogP contribution in [0.3, 0.4) is 0 Å². The van der Waals surface area contributed by atoms with Gasteiger partial charge in [-0.3, -0.25) is 9.69 Å². The Morgan fingerprint density at radius 1 is 0.912 bits per heavy atom. The van der Waals surface area contributed by atoms with Gasteiger partial charge >= 0.3 is 0 Å². The summed E-state index contributed by atoms with van der Waals surface area (Å²) >= 11 is 0. The van der Waals surface area contributed by atoms with Gasteiger partial charge in [0.15, 0.2) is 0 Å². The molecule has 1 amide bonds. The average Bonchev–Trinajstić information content (AvgIpc) is 2.83. The Balaban J connectivity index is 1.24. The van der Waals surface area contributed by atoms with Gasteiger partial charge in [-0.05, 0) is 62.4 Å². The van der Waals surface area contributed by atoms with Crippen molar-refractivity contribution in [1.29, 1.82) is 0 Å². The molecule has 0 atom stereocenters. The topological polar surface area (TPSA) is 69.7 Å². The van der Waals surface area contributed by atoms with Gasteiger partial charge in [-0.2, -0.15) is 0 Å². The maximum absolute atomic E-state index is 12.9. The van der Waals surface area contributed by atoms with Crippen LogP contribution in [-0.4, -0.2) is 49.7 Å². The third kappa shape index (κ3) is 6.90. The third-order valence-electron chi connectivity index (χ3n) is 6.96. The SMILES string of the molecule is Cc1cccc(CS(=O)(=O)N2CCC(C(=O)NCc3cccc(CN4CCCCC4)c3)CC2)c1. The Hall–Kier alpha value is -2.22. The van der Waals surface area contributed by atoms with Gasteiger partial charge in [-0.25, -0.2) is 12.7 Å². The molecule has 0 saturated carbocycles. The molecule has 2 fully saturated rings. The number of hydrogen-bond donors (Lipinski definition) is 1. The van der Waals surface area contributed by atoms with Crippen LogP contribution in [0.1, 0.15) is 54.4 Å². The van der Waals surface area contributed by atoms with E-state index in [1.807, 2.05) is 31.2 Å². The van der Waals surface area contributed by atoms with Crippen molar-refractivity contribution in [3.63, 3.8) is 0 Å². The Kier molecular flexibility index (Phi) is 8.40. The number of sulfonamides is 1. The predicted molar refractivity (Wildman–Crippen MR) is 136 cm³/mol. The molecule has 0 aliphatic carbocycles. The van der Waals surface area contributed by atoms with Crippen LogP contribution in [0.2, 0.25) is 0 Å². The number of rotatable bonds is 8. The van der Waals surface area contributed by atoms with Crippen LogP contribution < -0.4 is 5.32 Å². The molecule has 0 bridgehead atoms. The number of benzene rings is 2. The summed E-state index contributed by atoms with van der Waals surface area (Å²) < 4.78 is 27.2. The van der Waals surface area contributed by atoms with Gasteiger partial charge in [0.2, 0.25) is 15.9 Å². The molecule has 4 rings (SSSR count). The van der Waals surface area contributed by atoms with Crippen molar-refractivity contribution in [2.45, 2.75) is 57.9 Å². The molecule has 34 heavy (non-hydrogen) atoms. The lowest BCUT2D eigenvalue weighted by Crippen LogP contribution is -2.43. The first-order valence-corrected chi connectivity index (χ1v) is 14.1. The molecule has 2 aliphatic heterocycles. The molecule has 0 spiro atoms. The van der Waals surface area contributed by atoms with Crippen LogP contribution in [0.4, 0.5) is 0 Å². The minimum Gasteiger partial charge on any atom is -0.352 e. The van der Waals surface area contributed by atoms with Crippen molar-refractivity contribution < 1.29 is 13.2 Å². The summed E-state index contributed by atoms with van der Waals surface area (Å²) in [6, 6.07) is 16.1. The largest absolute Gasteiger partial charge is 0.352 e. The molecule has 0 radical (unpaired) electrons. The van der Waals surface area contributed by atoms with Crippen LogP contribution in [0.15, 0.2) is 48.5 Å². The lowest BCUT2D eigenvalue weighted by molar-refractivity contribution is -0.126. The summed E-state index contributed by atoms with van der Waals surface area (Å²) in [5, 5.41) is 3.08. The van der Waals surface area contributed by atoms with Crippen molar-refractivity contribution in [3.8, 4) is 0 Å². The Labute approximate surface area is 204 Å².